The minimum absolute atomic E-state index is 0.0528. The van der Waals surface area contributed by atoms with Gasteiger partial charge in [0.2, 0.25) is 5.91 Å². The molecule has 0 aliphatic heterocycles. The molecule has 6 nitrogen and oxygen atoms in total. The summed E-state index contributed by atoms with van der Waals surface area (Å²) in [4.78, 5) is 23.3. The Kier molecular flexibility index (Phi) is 6.91. The number of amides is 1. The fraction of sp³-hybridized carbons (Fsp3) is 0.778. The van der Waals surface area contributed by atoms with Crippen molar-refractivity contribution in [3.8, 4) is 0 Å². The van der Waals surface area contributed by atoms with Gasteiger partial charge in [0.25, 0.3) is 0 Å². The molecule has 0 saturated heterocycles. The van der Waals surface area contributed by atoms with E-state index in [1.54, 1.807) is 0 Å². The summed E-state index contributed by atoms with van der Waals surface area (Å²) in [7, 11) is 2.45. The van der Waals surface area contributed by atoms with Crippen molar-refractivity contribution >= 4 is 22.7 Å². The van der Waals surface area contributed by atoms with E-state index >= 15 is 0 Å². The van der Waals surface area contributed by atoms with Gasteiger partial charge in [-0.15, -0.1) is 0 Å². The first kappa shape index (κ1) is 15.0. The van der Waals surface area contributed by atoms with Crippen LogP contribution in [0.25, 0.3) is 0 Å². The molecule has 0 saturated carbocycles. The second kappa shape index (κ2) is 7.34. The van der Waals surface area contributed by atoms with Gasteiger partial charge in [0, 0.05) is 30.0 Å². The van der Waals surface area contributed by atoms with Crippen LogP contribution in [0.15, 0.2) is 0 Å². The average molecular weight is 250 g/mol. The molecule has 0 aromatic carbocycles. The zero-order valence-corrected chi connectivity index (χ0v) is 10.5. The van der Waals surface area contributed by atoms with Crippen molar-refractivity contribution in [1.82, 2.24) is 10.2 Å². The van der Waals surface area contributed by atoms with Gasteiger partial charge in [0.1, 0.15) is 6.04 Å². The van der Waals surface area contributed by atoms with Crippen molar-refractivity contribution in [1.29, 1.82) is 0 Å². The predicted octanol–water partition coefficient (Wildman–Crippen LogP) is -1.11. The smallest absolute Gasteiger partial charge is 0.327 e. The van der Waals surface area contributed by atoms with Crippen molar-refractivity contribution in [3.63, 3.8) is 0 Å². The predicted molar refractivity (Wildman–Crippen MR) is 61.7 cm³/mol. The van der Waals surface area contributed by atoms with Gasteiger partial charge < -0.3 is 15.3 Å². The van der Waals surface area contributed by atoms with Crippen LogP contribution in [0.3, 0.4) is 0 Å². The fourth-order valence-electron chi connectivity index (χ4n) is 0.974. The third-order valence-corrected chi connectivity index (χ3v) is 3.14. The number of nitrogens with one attached hydrogen (secondary N) is 1. The number of hydrogen-bond donors (Lipinski definition) is 2. The molecule has 0 radical (unpaired) electrons. The zero-order valence-electron chi connectivity index (χ0n) is 9.73. The van der Waals surface area contributed by atoms with Crippen LogP contribution in [0.5, 0.6) is 0 Å². The van der Waals surface area contributed by atoms with Crippen LogP contribution < -0.4 is 5.32 Å². The highest BCUT2D eigenvalue weighted by atomic mass is 32.2. The molecule has 0 spiro atoms. The van der Waals surface area contributed by atoms with E-state index in [-0.39, 0.29) is 5.75 Å². The van der Waals surface area contributed by atoms with Gasteiger partial charge in [0.05, 0.1) is 5.75 Å². The Morgan fingerprint density at radius 1 is 1.44 bits per heavy atom. The van der Waals surface area contributed by atoms with Crippen molar-refractivity contribution in [3.05, 3.63) is 0 Å². The van der Waals surface area contributed by atoms with E-state index in [0.29, 0.717) is 12.3 Å². The Morgan fingerprint density at radius 3 is 2.38 bits per heavy atom. The first-order valence-corrected chi connectivity index (χ1v) is 6.31. The quantitative estimate of drug-likeness (QED) is 0.598. The zero-order chi connectivity index (χ0) is 12.7. The Morgan fingerprint density at radius 2 is 2.00 bits per heavy atom. The lowest BCUT2D eigenvalue weighted by atomic mass is 10.3. The van der Waals surface area contributed by atoms with Crippen LogP contribution in [0, 0.1) is 0 Å². The normalized spacial score (nSPS) is 14.5. The molecule has 0 heterocycles. The maximum Gasteiger partial charge on any atom is 0.327 e. The molecule has 16 heavy (non-hydrogen) atoms. The Hall–Kier alpha value is -0.950. The van der Waals surface area contributed by atoms with E-state index in [4.69, 9.17) is 5.11 Å². The topological polar surface area (TPSA) is 86.7 Å². The van der Waals surface area contributed by atoms with Gasteiger partial charge in [-0.3, -0.25) is 9.00 Å². The average Bonchev–Trinajstić information content (AvgIpc) is 2.12. The number of carbonyl (C=O) groups is 2. The number of carboxylic acid groups (broad SMARTS) is 1. The molecular formula is C9H18N2O4S. The molecule has 2 unspecified atom stereocenters. The molecule has 0 rings (SSSR count). The summed E-state index contributed by atoms with van der Waals surface area (Å²) in [6, 6.07) is -1.07. The van der Waals surface area contributed by atoms with Gasteiger partial charge in [-0.05, 0) is 14.1 Å². The third-order valence-electron chi connectivity index (χ3n) is 1.79. The molecule has 0 aliphatic rings. The van der Waals surface area contributed by atoms with Crippen LogP contribution in [0.4, 0.5) is 0 Å². The van der Waals surface area contributed by atoms with Crippen molar-refractivity contribution in [2.45, 2.75) is 13.0 Å². The monoisotopic (exact) mass is 250 g/mol. The molecule has 7 heteroatoms. The molecular weight excluding hydrogens is 232 g/mol. The van der Waals surface area contributed by atoms with E-state index in [1.165, 1.54) is 6.92 Å². The Labute approximate surface area is 97.5 Å². The molecule has 94 valence electrons. The SMILES string of the molecule is CC(=O)NC(CS(=O)CCN(C)C)C(=O)O. The fourth-order valence-corrected chi connectivity index (χ4v) is 2.31. The summed E-state index contributed by atoms with van der Waals surface area (Å²) in [5, 5.41) is 11.0. The van der Waals surface area contributed by atoms with E-state index in [9.17, 15) is 13.8 Å². The Bertz CT molecular complexity index is 281. The molecule has 0 aliphatic carbocycles. The molecule has 0 fully saturated rings. The first-order valence-electron chi connectivity index (χ1n) is 4.82. The minimum atomic E-state index is -1.24. The van der Waals surface area contributed by atoms with E-state index in [2.05, 4.69) is 5.32 Å². The van der Waals surface area contributed by atoms with Crippen molar-refractivity contribution in [2.75, 3.05) is 32.1 Å². The summed E-state index contributed by atoms with van der Waals surface area (Å²) in [6.07, 6.45) is 0. The van der Waals surface area contributed by atoms with E-state index in [1.807, 2.05) is 19.0 Å². The van der Waals surface area contributed by atoms with Gasteiger partial charge in [-0.2, -0.15) is 0 Å². The molecule has 0 bridgehead atoms. The number of nitrogens with zero attached hydrogens (tertiary/aromatic N) is 1. The largest absolute Gasteiger partial charge is 0.480 e. The van der Waals surface area contributed by atoms with Crippen molar-refractivity contribution < 1.29 is 18.9 Å². The lowest BCUT2D eigenvalue weighted by Crippen LogP contribution is -2.44. The molecule has 0 aromatic rings. The van der Waals surface area contributed by atoms with Gasteiger partial charge in [-0.1, -0.05) is 0 Å². The van der Waals surface area contributed by atoms with E-state index < -0.39 is 28.7 Å². The second-order valence-corrected chi connectivity index (χ2v) is 5.33. The number of aliphatic carboxylic acids is 1. The third kappa shape index (κ3) is 7.36. The maximum absolute atomic E-state index is 11.5. The van der Waals surface area contributed by atoms with Crippen LogP contribution >= 0.6 is 0 Å². The van der Waals surface area contributed by atoms with Crippen LogP contribution in [-0.4, -0.2) is 64.3 Å². The number of carboxylic acids is 1. The van der Waals surface area contributed by atoms with E-state index in [0.717, 1.165) is 0 Å². The van der Waals surface area contributed by atoms with Crippen LogP contribution in [0.1, 0.15) is 6.92 Å². The highest BCUT2D eigenvalue weighted by molar-refractivity contribution is 7.85. The molecule has 1 amide bonds. The Balaban J connectivity index is 4.13. The summed E-state index contributed by atoms with van der Waals surface area (Å²) in [6.45, 7) is 1.86. The highest BCUT2D eigenvalue weighted by Gasteiger charge is 2.20. The van der Waals surface area contributed by atoms with Crippen molar-refractivity contribution in [2.24, 2.45) is 0 Å². The summed E-state index contributed by atoms with van der Waals surface area (Å²) < 4.78 is 11.5. The van der Waals surface area contributed by atoms with Gasteiger partial charge in [-0.25, -0.2) is 4.79 Å². The number of carbonyl (C=O) groups excluding carboxylic acids is 1. The summed E-state index contributed by atoms with van der Waals surface area (Å²) in [5.41, 5.74) is 0. The number of rotatable bonds is 7. The van der Waals surface area contributed by atoms with Gasteiger partial charge in [0.15, 0.2) is 0 Å². The second-order valence-electron chi connectivity index (χ2n) is 3.71. The lowest BCUT2D eigenvalue weighted by molar-refractivity contribution is -0.140. The summed E-state index contributed by atoms with van der Waals surface area (Å²) >= 11 is 0. The van der Waals surface area contributed by atoms with Crippen LogP contribution in [-0.2, 0) is 20.4 Å². The minimum Gasteiger partial charge on any atom is -0.480 e. The number of hydrogen-bond acceptors (Lipinski definition) is 4. The summed E-state index contributed by atoms with van der Waals surface area (Å²) in [5.74, 6) is -1.25. The lowest BCUT2D eigenvalue weighted by Gasteiger charge is -2.14. The van der Waals surface area contributed by atoms with Gasteiger partial charge >= 0.3 is 5.97 Å². The highest BCUT2D eigenvalue weighted by Crippen LogP contribution is 1.92. The molecule has 0 aromatic heterocycles. The molecule has 2 atom stereocenters. The molecule has 2 N–H and O–H groups in total. The van der Waals surface area contributed by atoms with Crippen LogP contribution in [0.2, 0.25) is 0 Å². The standard InChI is InChI=1S/C9H18N2O4S/c1-7(12)10-8(9(13)14)6-16(15)5-4-11(2)3/h8H,4-6H2,1-3H3,(H,10,12)(H,13,14). The first-order chi connectivity index (χ1) is 7.32. The maximum atomic E-state index is 11.5.